The van der Waals surface area contributed by atoms with Gasteiger partial charge in [0.2, 0.25) is 0 Å². The minimum Gasteiger partial charge on any atom is -0.389 e. The van der Waals surface area contributed by atoms with Crippen molar-refractivity contribution in [2.45, 2.75) is 17.9 Å². The predicted octanol–water partition coefficient (Wildman–Crippen LogP) is 1.91. The number of rotatable bonds is 2. The number of aliphatic hydroxyl groups is 1. The van der Waals surface area contributed by atoms with Gasteiger partial charge >= 0.3 is 0 Å². The summed E-state index contributed by atoms with van der Waals surface area (Å²) in [5.74, 6) is 0. The van der Waals surface area contributed by atoms with Crippen molar-refractivity contribution < 1.29 is 13.5 Å². The van der Waals surface area contributed by atoms with Gasteiger partial charge in [-0.05, 0) is 30.7 Å². The molecule has 3 nitrogen and oxygen atoms in total. The number of halogens is 1. The van der Waals surface area contributed by atoms with Gasteiger partial charge in [-0.15, -0.1) is 0 Å². The SMILES string of the molecule is CC(O)c1cc(Br)cc(S(C)(=O)=O)c1. The van der Waals surface area contributed by atoms with Crippen LogP contribution in [0.4, 0.5) is 0 Å². The molecule has 0 spiro atoms. The summed E-state index contributed by atoms with van der Waals surface area (Å²) in [6.45, 7) is 1.59. The molecule has 1 unspecified atom stereocenters. The van der Waals surface area contributed by atoms with Crippen molar-refractivity contribution in [3.8, 4) is 0 Å². The zero-order valence-electron chi connectivity index (χ0n) is 7.86. The lowest BCUT2D eigenvalue weighted by atomic mass is 10.1. The molecule has 5 heteroatoms. The summed E-state index contributed by atoms with van der Waals surface area (Å²) < 4.78 is 23.2. The topological polar surface area (TPSA) is 54.4 Å². The molecule has 0 saturated carbocycles. The first-order valence-corrected chi connectivity index (χ1v) is 6.68. The number of hydrogen-bond acceptors (Lipinski definition) is 3. The van der Waals surface area contributed by atoms with Crippen LogP contribution in [-0.4, -0.2) is 19.8 Å². The van der Waals surface area contributed by atoms with Crippen LogP contribution in [0.2, 0.25) is 0 Å². The molecule has 0 bridgehead atoms. The minimum absolute atomic E-state index is 0.211. The van der Waals surface area contributed by atoms with E-state index >= 15 is 0 Å². The maximum atomic E-state index is 11.3. The Morgan fingerprint density at radius 2 is 1.93 bits per heavy atom. The molecule has 0 radical (unpaired) electrons. The minimum atomic E-state index is -3.22. The Hall–Kier alpha value is -0.390. The third-order valence-electron chi connectivity index (χ3n) is 1.80. The average molecular weight is 279 g/mol. The number of sulfone groups is 1. The van der Waals surface area contributed by atoms with E-state index in [1.807, 2.05) is 0 Å². The highest BCUT2D eigenvalue weighted by Crippen LogP contribution is 2.23. The van der Waals surface area contributed by atoms with Gasteiger partial charge in [0.05, 0.1) is 11.0 Å². The van der Waals surface area contributed by atoms with Gasteiger partial charge in [0.15, 0.2) is 9.84 Å². The molecule has 0 saturated heterocycles. The van der Waals surface area contributed by atoms with Crippen LogP contribution in [-0.2, 0) is 9.84 Å². The van der Waals surface area contributed by atoms with E-state index in [4.69, 9.17) is 0 Å². The fraction of sp³-hybridized carbons (Fsp3) is 0.333. The predicted molar refractivity (Wildman–Crippen MR) is 57.9 cm³/mol. The van der Waals surface area contributed by atoms with Gasteiger partial charge in [-0.25, -0.2) is 8.42 Å². The van der Waals surface area contributed by atoms with Crippen LogP contribution in [0, 0.1) is 0 Å². The van der Waals surface area contributed by atoms with Gasteiger partial charge in [0.25, 0.3) is 0 Å². The Kier molecular flexibility index (Phi) is 3.34. The molecule has 0 aliphatic rings. The van der Waals surface area contributed by atoms with Gasteiger partial charge < -0.3 is 5.11 Å². The molecule has 1 N–H and O–H groups in total. The Bertz CT molecular complexity index is 437. The van der Waals surface area contributed by atoms with Gasteiger partial charge in [0, 0.05) is 10.7 Å². The smallest absolute Gasteiger partial charge is 0.175 e. The molecule has 78 valence electrons. The zero-order valence-corrected chi connectivity index (χ0v) is 10.3. The third-order valence-corrected chi connectivity index (χ3v) is 3.35. The first-order valence-electron chi connectivity index (χ1n) is 3.99. The second kappa shape index (κ2) is 4.00. The van der Waals surface area contributed by atoms with E-state index < -0.39 is 15.9 Å². The molecule has 0 fully saturated rings. The molecule has 0 aliphatic carbocycles. The Labute approximate surface area is 91.8 Å². The van der Waals surface area contributed by atoms with E-state index in [-0.39, 0.29) is 4.90 Å². The standard InChI is InChI=1S/C9H11BrO3S/c1-6(11)7-3-8(10)5-9(4-7)14(2,12)13/h3-6,11H,1-2H3. The molecular formula is C9H11BrO3S. The Morgan fingerprint density at radius 3 is 2.36 bits per heavy atom. The molecule has 1 atom stereocenters. The van der Waals surface area contributed by atoms with E-state index in [2.05, 4.69) is 15.9 Å². The summed E-state index contributed by atoms with van der Waals surface area (Å²) in [7, 11) is -3.22. The molecule has 0 amide bonds. The average Bonchev–Trinajstić information content (AvgIpc) is 2.01. The lowest BCUT2D eigenvalue weighted by molar-refractivity contribution is 0.199. The molecule has 0 heterocycles. The van der Waals surface area contributed by atoms with Gasteiger partial charge in [-0.1, -0.05) is 15.9 Å². The molecule has 1 aromatic rings. The summed E-state index contributed by atoms with van der Waals surface area (Å²) in [6.07, 6.45) is 0.466. The lowest BCUT2D eigenvalue weighted by Gasteiger charge is -2.07. The van der Waals surface area contributed by atoms with Gasteiger partial charge in [0.1, 0.15) is 0 Å². The van der Waals surface area contributed by atoms with E-state index in [9.17, 15) is 13.5 Å². The molecule has 14 heavy (non-hydrogen) atoms. The van der Waals surface area contributed by atoms with Crippen molar-refractivity contribution in [2.24, 2.45) is 0 Å². The third kappa shape index (κ3) is 2.80. The van der Waals surface area contributed by atoms with Crippen molar-refractivity contribution in [3.63, 3.8) is 0 Å². The van der Waals surface area contributed by atoms with E-state index in [1.54, 1.807) is 13.0 Å². The summed E-state index contributed by atoms with van der Waals surface area (Å²) in [4.78, 5) is 0.211. The molecule has 0 aromatic heterocycles. The maximum absolute atomic E-state index is 11.3. The second-order valence-electron chi connectivity index (χ2n) is 3.17. The number of benzene rings is 1. The summed E-state index contributed by atoms with van der Waals surface area (Å²) in [5.41, 5.74) is 0.583. The second-order valence-corrected chi connectivity index (χ2v) is 6.10. The van der Waals surface area contributed by atoms with E-state index in [0.29, 0.717) is 10.0 Å². The number of hydrogen-bond donors (Lipinski definition) is 1. The Balaban J connectivity index is 3.35. The summed E-state index contributed by atoms with van der Waals surface area (Å²) in [5, 5.41) is 9.32. The van der Waals surface area contributed by atoms with Crippen LogP contribution in [0.25, 0.3) is 0 Å². The van der Waals surface area contributed by atoms with Crippen LogP contribution < -0.4 is 0 Å². The normalized spacial score (nSPS) is 14.0. The fourth-order valence-electron chi connectivity index (χ4n) is 1.04. The molecule has 1 aromatic carbocycles. The summed E-state index contributed by atoms with van der Waals surface area (Å²) >= 11 is 3.20. The van der Waals surface area contributed by atoms with Crippen LogP contribution in [0.15, 0.2) is 27.6 Å². The van der Waals surface area contributed by atoms with Crippen molar-refractivity contribution >= 4 is 25.8 Å². The summed E-state index contributed by atoms with van der Waals surface area (Å²) in [6, 6.07) is 4.69. The first-order chi connectivity index (χ1) is 6.30. The van der Waals surface area contributed by atoms with E-state index in [0.717, 1.165) is 6.26 Å². The first kappa shape index (κ1) is 11.7. The largest absolute Gasteiger partial charge is 0.389 e. The van der Waals surface area contributed by atoms with Crippen molar-refractivity contribution in [1.29, 1.82) is 0 Å². The zero-order chi connectivity index (χ0) is 10.9. The molecule has 1 rings (SSSR count). The van der Waals surface area contributed by atoms with Gasteiger partial charge in [-0.3, -0.25) is 0 Å². The van der Waals surface area contributed by atoms with E-state index in [1.165, 1.54) is 12.1 Å². The van der Waals surface area contributed by atoms with Crippen LogP contribution in [0.1, 0.15) is 18.6 Å². The lowest BCUT2D eigenvalue weighted by Crippen LogP contribution is -2.00. The van der Waals surface area contributed by atoms with Crippen LogP contribution in [0.3, 0.4) is 0 Å². The highest BCUT2D eigenvalue weighted by atomic mass is 79.9. The Morgan fingerprint density at radius 1 is 1.36 bits per heavy atom. The fourth-order valence-corrected chi connectivity index (χ4v) is 2.39. The van der Waals surface area contributed by atoms with Crippen molar-refractivity contribution in [3.05, 3.63) is 28.2 Å². The maximum Gasteiger partial charge on any atom is 0.175 e. The van der Waals surface area contributed by atoms with Crippen molar-refractivity contribution in [1.82, 2.24) is 0 Å². The highest BCUT2D eigenvalue weighted by molar-refractivity contribution is 9.10. The monoisotopic (exact) mass is 278 g/mol. The van der Waals surface area contributed by atoms with Crippen LogP contribution in [0.5, 0.6) is 0 Å². The number of aliphatic hydroxyl groups excluding tert-OH is 1. The molecule has 0 aliphatic heterocycles. The van der Waals surface area contributed by atoms with Crippen LogP contribution >= 0.6 is 15.9 Å². The molecular weight excluding hydrogens is 268 g/mol. The van der Waals surface area contributed by atoms with Crippen molar-refractivity contribution in [2.75, 3.05) is 6.26 Å². The highest BCUT2D eigenvalue weighted by Gasteiger charge is 2.11. The van der Waals surface area contributed by atoms with Gasteiger partial charge in [-0.2, -0.15) is 0 Å². The quantitative estimate of drug-likeness (QED) is 0.899.